The van der Waals surface area contributed by atoms with E-state index in [1.54, 1.807) is 0 Å². The molecule has 2 rings (SSSR count). The van der Waals surface area contributed by atoms with Gasteiger partial charge in [-0.25, -0.2) is 0 Å². The van der Waals surface area contributed by atoms with Crippen molar-refractivity contribution in [2.75, 3.05) is 31.1 Å². The van der Waals surface area contributed by atoms with Gasteiger partial charge in [-0.05, 0) is 24.5 Å². The second-order valence-corrected chi connectivity index (χ2v) is 6.64. The van der Waals surface area contributed by atoms with Crippen LogP contribution < -0.4 is 5.73 Å². The lowest BCUT2D eigenvalue weighted by Crippen LogP contribution is -2.39. The Morgan fingerprint density at radius 2 is 2.00 bits per heavy atom. The molecule has 1 aliphatic heterocycles. The molecule has 100 valence electrons. The monoisotopic (exact) mass is 266 g/mol. The summed E-state index contributed by atoms with van der Waals surface area (Å²) in [6.45, 7) is 5.02. The van der Waals surface area contributed by atoms with Crippen molar-refractivity contribution < 1.29 is 4.21 Å². The molecule has 0 amide bonds. The molecule has 0 saturated carbocycles. The third-order valence-corrected chi connectivity index (χ3v) is 4.89. The van der Waals surface area contributed by atoms with E-state index in [0.717, 1.165) is 37.6 Å². The number of benzene rings is 1. The number of nitrogens with zero attached hydrogens (tertiary/aromatic N) is 1. The zero-order valence-electron chi connectivity index (χ0n) is 11.0. The molecule has 0 radical (unpaired) electrons. The first-order valence-electron chi connectivity index (χ1n) is 6.55. The molecular weight excluding hydrogens is 244 g/mol. The van der Waals surface area contributed by atoms with E-state index in [1.807, 2.05) is 12.1 Å². The summed E-state index contributed by atoms with van der Waals surface area (Å²) in [6.07, 6.45) is 0.970. The van der Waals surface area contributed by atoms with Crippen molar-refractivity contribution >= 4 is 10.8 Å². The first-order chi connectivity index (χ1) is 8.66. The second kappa shape index (κ2) is 6.45. The van der Waals surface area contributed by atoms with E-state index < -0.39 is 10.8 Å². The van der Waals surface area contributed by atoms with Gasteiger partial charge in [-0.3, -0.25) is 4.21 Å². The molecule has 18 heavy (non-hydrogen) atoms. The van der Waals surface area contributed by atoms with Gasteiger partial charge in [0.25, 0.3) is 0 Å². The highest BCUT2D eigenvalue weighted by Gasteiger charge is 2.16. The molecule has 1 aromatic carbocycles. The zero-order chi connectivity index (χ0) is 13.0. The van der Waals surface area contributed by atoms with E-state index in [9.17, 15) is 4.21 Å². The van der Waals surface area contributed by atoms with Gasteiger partial charge in [-0.1, -0.05) is 24.3 Å². The molecule has 1 saturated heterocycles. The number of rotatable bonds is 4. The smallest absolute Gasteiger partial charge is 0.0363 e. The average molecular weight is 266 g/mol. The zero-order valence-corrected chi connectivity index (χ0v) is 11.8. The molecule has 1 fully saturated rings. The third kappa shape index (κ3) is 3.64. The van der Waals surface area contributed by atoms with Gasteiger partial charge in [0, 0.05) is 48.0 Å². The summed E-state index contributed by atoms with van der Waals surface area (Å²) in [5.41, 5.74) is 8.77. The maximum atomic E-state index is 11.3. The van der Waals surface area contributed by atoms with Gasteiger partial charge < -0.3 is 10.6 Å². The molecule has 1 aliphatic rings. The second-order valence-electron chi connectivity index (χ2n) is 4.94. The van der Waals surface area contributed by atoms with Crippen LogP contribution in [0.25, 0.3) is 0 Å². The quantitative estimate of drug-likeness (QED) is 0.897. The summed E-state index contributed by atoms with van der Waals surface area (Å²) in [7, 11) is -0.588. The van der Waals surface area contributed by atoms with Gasteiger partial charge in [0.05, 0.1) is 0 Å². The summed E-state index contributed by atoms with van der Waals surface area (Å²) < 4.78 is 11.3. The van der Waals surface area contributed by atoms with Crippen LogP contribution in [0, 0.1) is 6.92 Å². The van der Waals surface area contributed by atoms with Crippen LogP contribution in [0.2, 0.25) is 0 Å². The SMILES string of the molecule is Cc1ccccc1C(N)CCN1CCS(=O)CC1. The highest BCUT2D eigenvalue weighted by Crippen LogP contribution is 2.18. The molecule has 1 heterocycles. The fourth-order valence-electron chi connectivity index (χ4n) is 2.38. The normalized spacial score (nSPS) is 19.9. The Kier molecular flexibility index (Phi) is 4.92. The van der Waals surface area contributed by atoms with Crippen molar-refractivity contribution in [1.29, 1.82) is 0 Å². The Balaban J connectivity index is 1.83. The topological polar surface area (TPSA) is 46.3 Å². The van der Waals surface area contributed by atoms with Gasteiger partial charge >= 0.3 is 0 Å². The Hall–Kier alpha value is -0.710. The van der Waals surface area contributed by atoms with Gasteiger partial charge in [-0.15, -0.1) is 0 Å². The minimum Gasteiger partial charge on any atom is -0.324 e. The molecule has 4 heteroatoms. The molecule has 1 unspecified atom stereocenters. The lowest BCUT2D eigenvalue weighted by atomic mass is 9.99. The van der Waals surface area contributed by atoms with Crippen molar-refractivity contribution in [1.82, 2.24) is 4.90 Å². The van der Waals surface area contributed by atoms with Gasteiger partial charge in [0.1, 0.15) is 0 Å². The predicted molar refractivity (Wildman–Crippen MR) is 77.0 cm³/mol. The average Bonchev–Trinajstić information content (AvgIpc) is 2.38. The van der Waals surface area contributed by atoms with Crippen molar-refractivity contribution in [2.24, 2.45) is 5.73 Å². The molecule has 0 aromatic heterocycles. The van der Waals surface area contributed by atoms with Crippen molar-refractivity contribution in [3.05, 3.63) is 35.4 Å². The maximum Gasteiger partial charge on any atom is 0.0363 e. The van der Waals surface area contributed by atoms with Gasteiger partial charge in [0.15, 0.2) is 0 Å². The minimum absolute atomic E-state index is 0.110. The molecule has 0 aliphatic carbocycles. The van der Waals surface area contributed by atoms with Crippen molar-refractivity contribution in [3.63, 3.8) is 0 Å². The number of nitrogens with two attached hydrogens (primary N) is 1. The first kappa shape index (κ1) is 13.7. The molecule has 1 atom stereocenters. The van der Waals surface area contributed by atoms with E-state index in [1.165, 1.54) is 11.1 Å². The summed E-state index contributed by atoms with van der Waals surface area (Å²) in [5.74, 6) is 1.64. The van der Waals surface area contributed by atoms with Crippen LogP contribution in [-0.4, -0.2) is 40.2 Å². The third-order valence-electron chi connectivity index (χ3n) is 3.61. The lowest BCUT2D eigenvalue weighted by molar-refractivity contribution is 0.287. The molecule has 0 spiro atoms. The summed E-state index contributed by atoms with van der Waals surface area (Å²) in [6, 6.07) is 8.43. The van der Waals surface area contributed by atoms with Crippen LogP contribution in [0.1, 0.15) is 23.6 Å². The van der Waals surface area contributed by atoms with Crippen LogP contribution in [0.4, 0.5) is 0 Å². The van der Waals surface area contributed by atoms with E-state index in [2.05, 4.69) is 24.0 Å². The first-order valence-corrected chi connectivity index (χ1v) is 8.04. The highest BCUT2D eigenvalue weighted by atomic mass is 32.2. The maximum absolute atomic E-state index is 11.3. The fourth-order valence-corrected chi connectivity index (χ4v) is 3.51. The number of hydrogen-bond acceptors (Lipinski definition) is 3. The molecule has 3 nitrogen and oxygen atoms in total. The van der Waals surface area contributed by atoms with E-state index in [4.69, 9.17) is 5.73 Å². The Morgan fingerprint density at radius 3 is 2.67 bits per heavy atom. The Labute approximate surface area is 112 Å². The highest BCUT2D eigenvalue weighted by molar-refractivity contribution is 7.85. The Bertz CT molecular complexity index is 412. The van der Waals surface area contributed by atoms with Gasteiger partial charge in [0.2, 0.25) is 0 Å². The molecule has 2 N–H and O–H groups in total. The van der Waals surface area contributed by atoms with Crippen LogP contribution in [0.3, 0.4) is 0 Å². The molecule has 0 bridgehead atoms. The van der Waals surface area contributed by atoms with E-state index >= 15 is 0 Å². The fraction of sp³-hybridized carbons (Fsp3) is 0.571. The lowest BCUT2D eigenvalue weighted by Gasteiger charge is -2.27. The number of aryl methyl sites for hydroxylation is 1. The summed E-state index contributed by atoms with van der Waals surface area (Å²) >= 11 is 0. The van der Waals surface area contributed by atoms with Crippen LogP contribution in [0.15, 0.2) is 24.3 Å². The van der Waals surface area contributed by atoms with Crippen molar-refractivity contribution in [2.45, 2.75) is 19.4 Å². The molecule has 1 aromatic rings. The van der Waals surface area contributed by atoms with Gasteiger partial charge in [-0.2, -0.15) is 0 Å². The van der Waals surface area contributed by atoms with Crippen LogP contribution in [0.5, 0.6) is 0 Å². The Morgan fingerprint density at radius 1 is 1.33 bits per heavy atom. The molecular formula is C14H22N2OS. The predicted octanol–water partition coefficient (Wildman–Crippen LogP) is 1.45. The summed E-state index contributed by atoms with van der Waals surface area (Å²) in [5, 5.41) is 0. The van der Waals surface area contributed by atoms with Crippen LogP contribution in [-0.2, 0) is 10.8 Å². The number of hydrogen-bond donors (Lipinski definition) is 1. The van der Waals surface area contributed by atoms with E-state index in [0.29, 0.717) is 0 Å². The standard InChI is InChI=1S/C14H22N2OS/c1-12-4-2-3-5-13(12)14(15)6-7-16-8-10-18(17)11-9-16/h2-5,14H,6-11,15H2,1H3. The van der Waals surface area contributed by atoms with Crippen molar-refractivity contribution in [3.8, 4) is 0 Å². The largest absolute Gasteiger partial charge is 0.324 e. The minimum atomic E-state index is -0.588. The van der Waals surface area contributed by atoms with E-state index in [-0.39, 0.29) is 6.04 Å². The summed E-state index contributed by atoms with van der Waals surface area (Å²) in [4.78, 5) is 2.37. The van der Waals surface area contributed by atoms with Crippen LogP contribution >= 0.6 is 0 Å².